The summed E-state index contributed by atoms with van der Waals surface area (Å²) < 4.78 is 52.3. The van der Waals surface area contributed by atoms with Crippen molar-refractivity contribution in [2.75, 3.05) is 5.32 Å². The van der Waals surface area contributed by atoms with Gasteiger partial charge in [-0.2, -0.15) is 13.2 Å². The van der Waals surface area contributed by atoms with Gasteiger partial charge in [-0.3, -0.25) is 0 Å². The molecule has 1 aromatic carbocycles. The molecule has 0 aliphatic heterocycles. The number of anilines is 1. The summed E-state index contributed by atoms with van der Waals surface area (Å²) in [4.78, 5) is 0. The number of halogens is 5. The molecule has 19 heavy (non-hydrogen) atoms. The van der Waals surface area contributed by atoms with Crippen LogP contribution in [0, 0.1) is 11.7 Å². The Labute approximate surface area is 113 Å². The van der Waals surface area contributed by atoms with Crippen molar-refractivity contribution in [2.45, 2.75) is 37.9 Å². The van der Waals surface area contributed by atoms with E-state index in [1.54, 1.807) is 0 Å². The summed E-state index contributed by atoms with van der Waals surface area (Å²) in [6.07, 6.45) is -2.48. The van der Waals surface area contributed by atoms with Gasteiger partial charge in [-0.25, -0.2) is 4.39 Å². The topological polar surface area (TPSA) is 12.0 Å². The van der Waals surface area contributed by atoms with Crippen molar-refractivity contribution in [1.29, 1.82) is 0 Å². The van der Waals surface area contributed by atoms with Gasteiger partial charge in [0.05, 0.1) is 11.6 Å². The summed E-state index contributed by atoms with van der Waals surface area (Å²) in [5.41, 5.74) is 0.0746. The molecule has 2 atom stereocenters. The number of hydrogen-bond acceptors (Lipinski definition) is 1. The highest BCUT2D eigenvalue weighted by molar-refractivity contribution is 6.30. The third-order valence-corrected chi connectivity index (χ3v) is 3.69. The van der Waals surface area contributed by atoms with Crippen molar-refractivity contribution in [1.82, 2.24) is 0 Å². The Morgan fingerprint density at radius 2 is 1.84 bits per heavy atom. The Kier molecular flexibility index (Phi) is 4.23. The monoisotopic (exact) mass is 295 g/mol. The maximum absolute atomic E-state index is 13.6. The van der Waals surface area contributed by atoms with Crippen LogP contribution in [0.2, 0.25) is 5.02 Å². The zero-order valence-corrected chi connectivity index (χ0v) is 10.9. The molecule has 1 aliphatic rings. The van der Waals surface area contributed by atoms with Crippen molar-refractivity contribution in [3.8, 4) is 0 Å². The lowest BCUT2D eigenvalue weighted by atomic mass is 9.84. The quantitative estimate of drug-likeness (QED) is 0.756. The van der Waals surface area contributed by atoms with Crippen LogP contribution in [-0.4, -0.2) is 12.2 Å². The summed E-state index contributed by atoms with van der Waals surface area (Å²) in [7, 11) is 0. The zero-order chi connectivity index (χ0) is 14.0. The molecule has 1 N–H and O–H groups in total. The van der Waals surface area contributed by atoms with Gasteiger partial charge in [0.25, 0.3) is 0 Å². The van der Waals surface area contributed by atoms with Crippen molar-refractivity contribution in [3.63, 3.8) is 0 Å². The van der Waals surface area contributed by atoms with Gasteiger partial charge in [-0.05, 0) is 31.0 Å². The Morgan fingerprint density at radius 1 is 1.16 bits per heavy atom. The van der Waals surface area contributed by atoms with Crippen LogP contribution >= 0.6 is 11.6 Å². The third kappa shape index (κ3) is 3.53. The molecule has 2 unspecified atom stereocenters. The second kappa shape index (κ2) is 5.57. The first-order valence-corrected chi connectivity index (χ1v) is 6.54. The fraction of sp³-hybridized carbons (Fsp3) is 0.538. The number of nitrogens with one attached hydrogen (secondary N) is 1. The largest absolute Gasteiger partial charge is 0.393 e. The Hall–Kier alpha value is -0.970. The minimum absolute atomic E-state index is 0.0746. The van der Waals surface area contributed by atoms with Crippen LogP contribution in [0.1, 0.15) is 25.7 Å². The molecule has 1 aromatic rings. The van der Waals surface area contributed by atoms with E-state index in [1.165, 1.54) is 12.1 Å². The van der Waals surface area contributed by atoms with E-state index in [2.05, 4.69) is 5.32 Å². The highest BCUT2D eigenvalue weighted by atomic mass is 35.5. The second-order valence-electron chi connectivity index (χ2n) is 4.81. The first kappa shape index (κ1) is 14.4. The van der Waals surface area contributed by atoms with Gasteiger partial charge in [0.1, 0.15) is 5.82 Å². The van der Waals surface area contributed by atoms with E-state index in [-0.39, 0.29) is 17.1 Å². The summed E-state index contributed by atoms with van der Waals surface area (Å²) in [6.45, 7) is 0. The van der Waals surface area contributed by atoms with Gasteiger partial charge in [0, 0.05) is 11.1 Å². The van der Waals surface area contributed by atoms with Crippen molar-refractivity contribution < 1.29 is 17.6 Å². The molecule has 1 fully saturated rings. The van der Waals surface area contributed by atoms with Crippen LogP contribution in [0.25, 0.3) is 0 Å². The summed E-state index contributed by atoms with van der Waals surface area (Å²) in [6, 6.07) is 3.15. The van der Waals surface area contributed by atoms with Crippen LogP contribution in [-0.2, 0) is 0 Å². The Morgan fingerprint density at radius 3 is 2.47 bits per heavy atom. The smallest absolute Gasteiger partial charge is 0.379 e. The Bertz CT molecular complexity index is 447. The molecule has 6 heteroatoms. The first-order valence-electron chi connectivity index (χ1n) is 6.16. The van der Waals surface area contributed by atoms with Gasteiger partial charge in [-0.1, -0.05) is 24.4 Å². The zero-order valence-electron chi connectivity index (χ0n) is 10.1. The minimum atomic E-state index is -4.25. The fourth-order valence-corrected chi connectivity index (χ4v) is 2.66. The van der Waals surface area contributed by atoms with Crippen molar-refractivity contribution >= 4 is 17.3 Å². The van der Waals surface area contributed by atoms with Crippen LogP contribution in [0.4, 0.5) is 23.2 Å². The average Bonchev–Trinajstić information content (AvgIpc) is 2.32. The van der Waals surface area contributed by atoms with Crippen LogP contribution in [0.3, 0.4) is 0 Å². The summed E-state index contributed by atoms with van der Waals surface area (Å²) in [5.74, 6) is -2.05. The van der Waals surface area contributed by atoms with Crippen LogP contribution in [0.15, 0.2) is 18.2 Å². The van der Waals surface area contributed by atoms with E-state index in [0.29, 0.717) is 12.8 Å². The second-order valence-corrected chi connectivity index (χ2v) is 5.24. The molecule has 1 nitrogen and oxygen atoms in total. The molecule has 0 bridgehead atoms. The number of hydrogen-bond donors (Lipinski definition) is 1. The van der Waals surface area contributed by atoms with Crippen LogP contribution in [0.5, 0.6) is 0 Å². The Balaban J connectivity index is 2.15. The molecule has 0 aromatic heterocycles. The number of rotatable bonds is 2. The van der Waals surface area contributed by atoms with Crippen LogP contribution < -0.4 is 5.32 Å². The molecular formula is C13H14ClF4N. The lowest BCUT2D eigenvalue weighted by molar-refractivity contribution is -0.184. The fourth-order valence-electron chi connectivity index (χ4n) is 2.50. The summed E-state index contributed by atoms with van der Waals surface area (Å²) >= 11 is 5.61. The lowest BCUT2D eigenvalue weighted by Gasteiger charge is -2.34. The van der Waals surface area contributed by atoms with Crippen molar-refractivity contribution in [3.05, 3.63) is 29.0 Å². The van der Waals surface area contributed by atoms with Gasteiger partial charge in [0.15, 0.2) is 0 Å². The predicted octanol–water partition coefficient (Wildman–Crippen LogP) is 5.01. The van der Waals surface area contributed by atoms with Gasteiger partial charge in [0.2, 0.25) is 0 Å². The molecule has 0 radical (unpaired) electrons. The summed E-state index contributed by atoms with van der Waals surface area (Å²) in [5, 5.41) is 2.90. The molecule has 2 rings (SSSR count). The standard InChI is InChI=1S/C13H14ClF4N/c14-8-5-6-12(10(15)7-8)19-11-4-2-1-3-9(11)13(16,17)18/h5-7,9,11,19H,1-4H2. The van der Waals surface area contributed by atoms with E-state index in [0.717, 1.165) is 12.5 Å². The molecule has 106 valence electrons. The van der Waals surface area contributed by atoms with E-state index in [1.807, 2.05) is 0 Å². The average molecular weight is 296 g/mol. The third-order valence-electron chi connectivity index (χ3n) is 3.46. The molecule has 0 spiro atoms. The predicted molar refractivity (Wildman–Crippen MR) is 66.8 cm³/mol. The number of benzene rings is 1. The highest BCUT2D eigenvalue weighted by Crippen LogP contribution is 2.39. The van der Waals surface area contributed by atoms with E-state index in [4.69, 9.17) is 11.6 Å². The normalized spacial score (nSPS) is 24.3. The lowest BCUT2D eigenvalue weighted by Crippen LogP contribution is -2.41. The SMILES string of the molecule is Fc1cc(Cl)ccc1NC1CCCCC1C(F)(F)F. The van der Waals surface area contributed by atoms with E-state index >= 15 is 0 Å². The maximum Gasteiger partial charge on any atom is 0.393 e. The molecule has 1 aliphatic carbocycles. The first-order chi connectivity index (χ1) is 8.88. The maximum atomic E-state index is 13.6. The number of alkyl halides is 3. The van der Waals surface area contributed by atoms with Gasteiger partial charge < -0.3 is 5.32 Å². The molecule has 0 heterocycles. The molecule has 1 saturated carbocycles. The highest BCUT2D eigenvalue weighted by Gasteiger charge is 2.45. The van der Waals surface area contributed by atoms with E-state index < -0.39 is 24.0 Å². The van der Waals surface area contributed by atoms with Gasteiger partial charge >= 0.3 is 6.18 Å². The van der Waals surface area contributed by atoms with Gasteiger partial charge in [-0.15, -0.1) is 0 Å². The van der Waals surface area contributed by atoms with Crippen molar-refractivity contribution in [2.24, 2.45) is 5.92 Å². The molecule has 0 amide bonds. The minimum Gasteiger partial charge on any atom is -0.379 e. The molecule has 0 saturated heterocycles. The molecular weight excluding hydrogens is 282 g/mol. The van der Waals surface area contributed by atoms with E-state index in [9.17, 15) is 17.6 Å².